The highest BCUT2D eigenvalue weighted by Crippen LogP contribution is 2.29. The van der Waals surface area contributed by atoms with Gasteiger partial charge < -0.3 is 0 Å². The first kappa shape index (κ1) is 12.5. The minimum atomic E-state index is -0.102. The lowest BCUT2D eigenvalue weighted by molar-refractivity contribution is 0.395. The summed E-state index contributed by atoms with van der Waals surface area (Å²) in [6.07, 6.45) is 0. The van der Waals surface area contributed by atoms with Crippen LogP contribution in [0.3, 0.4) is 0 Å². The summed E-state index contributed by atoms with van der Waals surface area (Å²) in [5.41, 5.74) is 0.934. The predicted molar refractivity (Wildman–Crippen MR) is 75.5 cm³/mol. The lowest BCUT2D eigenvalue weighted by Gasteiger charge is -2.22. The van der Waals surface area contributed by atoms with Crippen LogP contribution in [0.5, 0.6) is 0 Å². The summed E-state index contributed by atoms with van der Waals surface area (Å²) in [5.74, 6) is 0.856. The van der Waals surface area contributed by atoms with Gasteiger partial charge in [0.15, 0.2) is 10.6 Å². The molecule has 2 rings (SSSR count). The van der Waals surface area contributed by atoms with Crippen LogP contribution in [0.15, 0.2) is 28.7 Å². The molecule has 1 aromatic carbocycles. The van der Waals surface area contributed by atoms with Crippen LogP contribution < -0.4 is 0 Å². The smallest absolute Gasteiger partial charge is 0.195 e. The Bertz CT molecular complexity index is 592. The van der Waals surface area contributed by atoms with Crippen molar-refractivity contribution >= 4 is 28.1 Å². The van der Waals surface area contributed by atoms with Crippen molar-refractivity contribution in [1.29, 1.82) is 0 Å². The summed E-state index contributed by atoms with van der Waals surface area (Å²) in [6.45, 7) is 6.33. The van der Waals surface area contributed by atoms with Crippen LogP contribution in [0.2, 0.25) is 0 Å². The van der Waals surface area contributed by atoms with E-state index in [4.69, 9.17) is 12.2 Å². The highest BCUT2D eigenvalue weighted by molar-refractivity contribution is 9.10. The summed E-state index contributed by atoms with van der Waals surface area (Å²) >= 11 is 8.84. The molecule has 0 spiro atoms. The zero-order chi connectivity index (χ0) is 12.6. The van der Waals surface area contributed by atoms with Crippen LogP contribution in [0.4, 0.5) is 0 Å². The molecule has 0 aliphatic carbocycles. The third-order valence-corrected chi connectivity index (χ3v) is 3.42. The number of benzene rings is 1. The molecule has 0 amide bonds. The van der Waals surface area contributed by atoms with E-state index < -0.39 is 0 Å². The van der Waals surface area contributed by atoms with Crippen LogP contribution in [0.1, 0.15) is 20.8 Å². The number of aromatic nitrogens is 3. The maximum absolute atomic E-state index is 5.29. The SMILES string of the molecule is CC(C)(C)n1c(-c2ccccc2Br)n[nH]c1=S. The van der Waals surface area contributed by atoms with E-state index in [1.807, 2.05) is 28.8 Å². The van der Waals surface area contributed by atoms with Crippen molar-refractivity contribution in [3.05, 3.63) is 33.5 Å². The van der Waals surface area contributed by atoms with E-state index in [0.717, 1.165) is 15.9 Å². The number of nitrogens with one attached hydrogen (secondary N) is 1. The average molecular weight is 312 g/mol. The topological polar surface area (TPSA) is 33.6 Å². The lowest BCUT2D eigenvalue weighted by atomic mass is 10.1. The summed E-state index contributed by atoms with van der Waals surface area (Å²) in [6, 6.07) is 8.00. The Hall–Kier alpha value is -0.940. The molecule has 1 aromatic heterocycles. The lowest BCUT2D eigenvalue weighted by Crippen LogP contribution is -2.23. The number of hydrogen-bond donors (Lipinski definition) is 1. The van der Waals surface area contributed by atoms with Gasteiger partial charge in [-0.1, -0.05) is 34.1 Å². The molecule has 0 unspecified atom stereocenters. The van der Waals surface area contributed by atoms with E-state index in [2.05, 4.69) is 46.9 Å². The molecule has 0 saturated heterocycles. The minimum Gasteiger partial charge on any atom is -0.295 e. The zero-order valence-corrected chi connectivity index (χ0v) is 12.4. The number of halogens is 1. The molecule has 17 heavy (non-hydrogen) atoms. The van der Waals surface area contributed by atoms with Crippen molar-refractivity contribution in [2.75, 3.05) is 0 Å². The Labute approximate surface area is 114 Å². The van der Waals surface area contributed by atoms with E-state index in [1.165, 1.54) is 0 Å². The Morgan fingerprint density at radius 3 is 2.53 bits per heavy atom. The maximum atomic E-state index is 5.29. The third-order valence-electron chi connectivity index (χ3n) is 2.46. The Morgan fingerprint density at radius 1 is 1.29 bits per heavy atom. The fourth-order valence-electron chi connectivity index (χ4n) is 1.74. The molecule has 0 aliphatic heterocycles. The van der Waals surface area contributed by atoms with Gasteiger partial charge in [-0.05, 0) is 39.1 Å². The van der Waals surface area contributed by atoms with Crippen LogP contribution >= 0.6 is 28.1 Å². The molecule has 0 saturated carbocycles. The van der Waals surface area contributed by atoms with Gasteiger partial charge in [0.05, 0.1) is 0 Å². The van der Waals surface area contributed by atoms with Gasteiger partial charge in [-0.15, -0.1) is 0 Å². The first-order valence-corrected chi connectivity index (χ1v) is 6.54. The van der Waals surface area contributed by atoms with Gasteiger partial charge in [0.2, 0.25) is 0 Å². The van der Waals surface area contributed by atoms with Gasteiger partial charge >= 0.3 is 0 Å². The van der Waals surface area contributed by atoms with Crippen LogP contribution in [0.25, 0.3) is 11.4 Å². The molecule has 0 aliphatic rings. The van der Waals surface area contributed by atoms with Crippen molar-refractivity contribution in [2.45, 2.75) is 26.3 Å². The number of nitrogens with zero attached hydrogens (tertiary/aromatic N) is 2. The highest BCUT2D eigenvalue weighted by atomic mass is 79.9. The summed E-state index contributed by atoms with van der Waals surface area (Å²) in [5, 5.41) is 7.19. The van der Waals surface area contributed by atoms with Gasteiger partial charge in [-0.3, -0.25) is 9.67 Å². The predicted octanol–water partition coefficient (Wildman–Crippen LogP) is 4.13. The fraction of sp³-hybridized carbons (Fsp3) is 0.333. The summed E-state index contributed by atoms with van der Waals surface area (Å²) in [4.78, 5) is 0. The molecule has 90 valence electrons. The van der Waals surface area contributed by atoms with E-state index >= 15 is 0 Å². The van der Waals surface area contributed by atoms with E-state index in [9.17, 15) is 0 Å². The number of hydrogen-bond acceptors (Lipinski definition) is 2. The van der Waals surface area contributed by atoms with Gasteiger partial charge in [-0.25, -0.2) is 0 Å². The van der Waals surface area contributed by atoms with Crippen molar-refractivity contribution in [3.63, 3.8) is 0 Å². The van der Waals surface area contributed by atoms with Gasteiger partial charge in [-0.2, -0.15) is 5.10 Å². The Kier molecular flexibility index (Phi) is 3.23. The van der Waals surface area contributed by atoms with Crippen molar-refractivity contribution in [1.82, 2.24) is 14.8 Å². The van der Waals surface area contributed by atoms with E-state index in [-0.39, 0.29) is 5.54 Å². The second-order valence-electron chi connectivity index (χ2n) is 4.84. The van der Waals surface area contributed by atoms with Crippen LogP contribution in [-0.4, -0.2) is 14.8 Å². The fourth-order valence-corrected chi connectivity index (χ4v) is 2.61. The van der Waals surface area contributed by atoms with Gasteiger partial charge in [0.25, 0.3) is 0 Å². The molecule has 0 bridgehead atoms. The molecular weight excluding hydrogens is 298 g/mol. The second kappa shape index (κ2) is 4.38. The molecule has 1 N–H and O–H groups in total. The molecule has 5 heteroatoms. The number of rotatable bonds is 1. The molecular formula is C12H14BrN3S. The second-order valence-corrected chi connectivity index (χ2v) is 6.08. The Balaban J connectivity index is 2.71. The molecule has 0 fully saturated rings. The highest BCUT2D eigenvalue weighted by Gasteiger charge is 2.21. The monoisotopic (exact) mass is 311 g/mol. The van der Waals surface area contributed by atoms with E-state index in [0.29, 0.717) is 4.77 Å². The molecule has 2 aromatic rings. The first-order valence-electron chi connectivity index (χ1n) is 5.34. The molecule has 0 atom stereocenters. The van der Waals surface area contributed by atoms with Gasteiger partial charge in [0.1, 0.15) is 0 Å². The number of H-pyrrole nitrogens is 1. The standard InChI is InChI=1S/C12H14BrN3S/c1-12(2,3)16-10(14-15-11(16)17)8-6-4-5-7-9(8)13/h4-7H,1-3H3,(H,15,17). The quantitative estimate of drug-likeness (QED) is 0.804. The molecule has 3 nitrogen and oxygen atoms in total. The first-order chi connectivity index (χ1) is 7.91. The Morgan fingerprint density at radius 2 is 1.94 bits per heavy atom. The summed E-state index contributed by atoms with van der Waals surface area (Å²) < 4.78 is 3.69. The summed E-state index contributed by atoms with van der Waals surface area (Å²) in [7, 11) is 0. The van der Waals surface area contributed by atoms with Crippen LogP contribution in [-0.2, 0) is 5.54 Å². The average Bonchev–Trinajstić information content (AvgIpc) is 2.60. The normalized spacial score (nSPS) is 11.8. The van der Waals surface area contributed by atoms with Crippen molar-refractivity contribution < 1.29 is 0 Å². The molecule has 0 radical (unpaired) electrons. The molecule has 1 heterocycles. The maximum Gasteiger partial charge on any atom is 0.195 e. The number of aromatic amines is 1. The van der Waals surface area contributed by atoms with Crippen molar-refractivity contribution in [3.8, 4) is 11.4 Å². The third kappa shape index (κ3) is 2.35. The van der Waals surface area contributed by atoms with E-state index in [1.54, 1.807) is 0 Å². The minimum absolute atomic E-state index is 0.102. The van der Waals surface area contributed by atoms with Crippen molar-refractivity contribution in [2.24, 2.45) is 0 Å². The van der Waals surface area contributed by atoms with Gasteiger partial charge in [0, 0.05) is 15.6 Å². The van der Waals surface area contributed by atoms with Crippen LogP contribution in [0, 0.1) is 4.77 Å². The largest absolute Gasteiger partial charge is 0.295 e. The zero-order valence-electron chi connectivity index (χ0n) is 9.99.